The highest BCUT2D eigenvalue weighted by Gasteiger charge is 2.27. The van der Waals surface area contributed by atoms with E-state index in [9.17, 15) is 13.2 Å². The van der Waals surface area contributed by atoms with Crippen molar-refractivity contribution in [2.24, 2.45) is 0 Å². The molecule has 10 nitrogen and oxygen atoms in total. The quantitative estimate of drug-likeness (QED) is 0.386. The number of hydrogen-bond donors (Lipinski definition) is 0. The van der Waals surface area contributed by atoms with E-state index in [0.29, 0.717) is 59.8 Å². The highest BCUT2D eigenvalue weighted by Crippen LogP contribution is 2.29. The first-order valence-corrected chi connectivity index (χ1v) is 13.7. The Morgan fingerprint density at radius 2 is 1.86 bits per heavy atom. The van der Waals surface area contributed by atoms with Crippen molar-refractivity contribution in [1.82, 2.24) is 24.6 Å². The van der Waals surface area contributed by atoms with Crippen LogP contribution in [0.25, 0.3) is 16.7 Å². The van der Waals surface area contributed by atoms with Crippen molar-refractivity contribution < 1.29 is 22.7 Å². The first-order valence-electron chi connectivity index (χ1n) is 10.9. The predicted octanol–water partition coefficient (Wildman–Crippen LogP) is 2.97. The number of fused-ring (bicyclic) bond motifs is 1. The second-order valence-electron chi connectivity index (χ2n) is 8.20. The van der Waals surface area contributed by atoms with Crippen LogP contribution in [0.2, 0.25) is 0 Å². The van der Waals surface area contributed by atoms with Gasteiger partial charge in [0.15, 0.2) is 15.5 Å². The Balaban J connectivity index is 1.29. The molecule has 3 aromatic heterocycles. The van der Waals surface area contributed by atoms with Gasteiger partial charge in [0, 0.05) is 42.9 Å². The predicted molar refractivity (Wildman–Crippen MR) is 130 cm³/mol. The Bertz CT molecular complexity index is 1470. The number of nitrogens with zero attached hydrogens (tertiary/aromatic N) is 5. The lowest BCUT2D eigenvalue weighted by atomic mass is 10.1. The number of benzene rings is 1. The molecule has 0 bridgehead atoms. The molecule has 1 saturated heterocycles. The molecule has 1 aliphatic rings. The van der Waals surface area contributed by atoms with Gasteiger partial charge >= 0.3 is 0 Å². The minimum atomic E-state index is -3.29. The van der Waals surface area contributed by atoms with Crippen LogP contribution < -0.4 is 9.47 Å². The number of amides is 1. The van der Waals surface area contributed by atoms with Gasteiger partial charge in [0.05, 0.1) is 29.5 Å². The molecule has 1 aromatic carbocycles. The lowest BCUT2D eigenvalue weighted by Crippen LogP contribution is -2.41. The summed E-state index contributed by atoms with van der Waals surface area (Å²) in [6, 6.07) is 6.44. The molecule has 4 heterocycles. The highest BCUT2D eigenvalue weighted by atomic mass is 32.2. The van der Waals surface area contributed by atoms with Gasteiger partial charge in [-0.05, 0) is 24.3 Å². The summed E-state index contributed by atoms with van der Waals surface area (Å²) < 4.78 is 36.6. The van der Waals surface area contributed by atoms with Crippen molar-refractivity contribution in [1.29, 1.82) is 0 Å². The maximum absolute atomic E-state index is 12.8. The highest BCUT2D eigenvalue weighted by molar-refractivity contribution is 7.90. The molecule has 35 heavy (non-hydrogen) atoms. The van der Waals surface area contributed by atoms with E-state index in [1.165, 1.54) is 36.1 Å². The number of hydrogen-bond acceptors (Lipinski definition) is 9. The number of aromatic nitrogens is 4. The second kappa shape index (κ2) is 9.27. The summed E-state index contributed by atoms with van der Waals surface area (Å²) in [4.78, 5) is 23.6. The number of piperidine rings is 1. The lowest BCUT2D eigenvalue weighted by Gasteiger charge is -2.32. The van der Waals surface area contributed by atoms with E-state index in [1.807, 2.05) is 15.7 Å². The van der Waals surface area contributed by atoms with E-state index in [1.54, 1.807) is 30.1 Å². The minimum absolute atomic E-state index is 0.0332. The second-order valence-corrected chi connectivity index (χ2v) is 11.0. The Hall–Kier alpha value is -3.51. The molecule has 0 unspecified atom stereocenters. The molecule has 4 aromatic rings. The van der Waals surface area contributed by atoms with E-state index in [-0.39, 0.29) is 16.9 Å². The monoisotopic (exact) mass is 513 g/mol. The van der Waals surface area contributed by atoms with Crippen LogP contribution in [0.15, 0.2) is 52.4 Å². The molecule has 1 aliphatic heterocycles. The topological polar surface area (TPSA) is 117 Å². The number of methoxy groups -OCH3 is 1. The fourth-order valence-electron chi connectivity index (χ4n) is 4.04. The van der Waals surface area contributed by atoms with Crippen molar-refractivity contribution in [3.8, 4) is 17.3 Å². The van der Waals surface area contributed by atoms with E-state index >= 15 is 0 Å². The summed E-state index contributed by atoms with van der Waals surface area (Å²) in [7, 11) is -1.72. The molecule has 1 amide bonds. The van der Waals surface area contributed by atoms with Crippen LogP contribution in [0.3, 0.4) is 0 Å². The maximum atomic E-state index is 12.8. The largest absolute Gasteiger partial charge is 0.495 e. The summed E-state index contributed by atoms with van der Waals surface area (Å²) >= 11 is 1.44. The van der Waals surface area contributed by atoms with Gasteiger partial charge in [0.1, 0.15) is 23.6 Å². The molecule has 0 radical (unpaired) electrons. The molecule has 0 atom stereocenters. The van der Waals surface area contributed by atoms with Crippen LogP contribution in [0.1, 0.15) is 23.2 Å². The maximum Gasteiger partial charge on any atom is 0.258 e. The Morgan fingerprint density at radius 3 is 2.54 bits per heavy atom. The van der Waals surface area contributed by atoms with Gasteiger partial charge in [-0.15, -0.1) is 11.3 Å². The van der Waals surface area contributed by atoms with E-state index in [4.69, 9.17) is 9.47 Å². The van der Waals surface area contributed by atoms with Gasteiger partial charge in [-0.3, -0.25) is 4.79 Å². The number of carbonyl (C=O) groups excluding carboxylic acids is 1. The zero-order valence-corrected chi connectivity index (χ0v) is 20.8. The Labute approximate surface area is 206 Å². The van der Waals surface area contributed by atoms with Gasteiger partial charge in [-0.25, -0.2) is 23.1 Å². The zero-order valence-electron chi connectivity index (χ0n) is 19.1. The van der Waals surface area contributed by atoms with Crippen molar-refractivity contribution in [3.63, 3.8) is 0 Å². The van der Waals surface area contributed by atoms with Gasteiger partial charge in [0.25, 0.3) is 5.91 Å². The molecular formula is C23H23N5O5S2. The number of carbonyl (C=O) groups is 1. The van der Waals surface area contributed by atoms with E-state index in [2.05, 4.69) is 15.1 Å². The number of rotatable bonds is 6. The van der Waals surface area contributed by atoms with Crippen molar-refractivity contribution in [3.05, 3.63) is 53.1 Å². The SMILES string of the molecule is COc1cscc1C(=O)N1CCC(Oc2ncnc3c2cnn3-c2ccc(S(C)(=O)=O)cc2)CC1. The standard InChI is InChI=1S/C23H23N5O5S2/c1-32-20-13-34-12-19(20)23(29)27-9-7-16(8-10-27)33-22-18-11-26-28(21(18)24-14-25-22)15-3-5-17(6-4-15)35(2,30)31/h3-6,11-14,16H,7-10H2,1-2H3. The molecule has 5 rings (SSSR count). The fraction of sp³-hybridized carbons (Fsp3) is 0.304. The average molecular weight is 514 g/mol. The summed E-state index contributed by atoms with van der Waals surface area (Å²) in [5.41, 5.74) is 1.82. The minimum Gasteiger partial charge on any atom is -0.495 e. The first-order chi connectivity index (χ1) is 16.8. The Morgan fingerprint density at radius 1 is 1.11 bits per heavy atom. The summed E-state index contributed by atoms with van der Waals surface area (Å²) in [6.07, 6.45) is 5.47. The molecule has 0 saturated carbocycles. The van der Waals surface area contributed by atoms with Gasteiger partial charge in [-0.1, -0.05) is 0 Å². The third kappa shape index (κ3) is 4.58. The molecule has 1 fully saturated rings. The molecule has 0 spiro atoms. The smallest absolute Gasteiger partial charge is 0.258 e. The first kappa shape index (κ1) is 23.2. The number of sulfone groups is 1. The summed E-state index contributed by atoms with van der Waals surface area (Å²) in [5, 5.41) is 8.70. The van der Waals surface area contributed by atoms with Crippen LogP contribution in [-0.2, 0) is 9.84 Å². The van der Waals surface area contributed by atoms with Gasteiger partial charge in [-0.2, -0.15) is 5.10 Å². The lowest BCUT2D eigenvalue weighted by molar-refractivity contribution is 0.0588. The van der Waals surface area contributed by atoms with Crippen molar-refractivity contribution in [2.45, 2.75) is 23.8 Å². The number of likely N-dealkylation sites (tertiary alicyclic amines) is 1. The van der Waals surface area contributed by atoms with Crippen molar-refractivity contribution in [2.75, 3.05) is 26.5 Å². The van der Waals surface area contributed by atoms with Crippen LogP contribution in [0, 0.1) is 0 Å². The van der Waals surface area contributed by atoms with E-state index in [0.717, 1.165) is 0 Å². The average Bonchev–Trinajstić information content (AvgIpc) is 3.51. The van der Waals surface area contributed by atoms with Gasteiger partial charge < -0.3 is 14.4 Å². The molecule has 0 aliphatic carbocycles. The van der Waals surface area contributed by atoms with Gasteiger partial charge in [0.2, 0.25) is 5.88 Å². The molecule has 12 heteroatoms. The number of ether oxygens (including phenoxy) is 2. The van der Waals surface area contributed by atoms with Crippen LogP contribution in [0.5, 0.6) is 11.6 Å². The Kier molecular flexibility index (Phi) is 6.15. The third-order valence-electron chi connectivity index (χ3n) is 5.92. The fourth-order valence-corrected chi connectivity index (χ4v) is 5.44. The summed E-state index contributed by atoms with van der Waals surface area (Å²) in [6.45, 7) is 1.14. The number of thiophene rings is 1. The summed E-state index contributed by atoms with van der Waals surface area (Å²) in [5.74, 6) is 0.997. The molecule has 0 N–H and O–H groups in total. The van der Waals surface area contributed by atoms with Crippen LogP contribution in [-0.4, -0.2) is 71.5 Å². The van der Waals surface area contributed by atoms with Crippen LogP contribution in [0.4, 0.5) is 0 Å². The third-order valence-corrected chi connectivity index (χ3v) is 7.77. The van der Waals surface area contributed by atoms with E-state index < -0.39 is 9.84 Å². The molecular weight excluding hydrogens is 490 g/mol. The van der Waals surface area contributed by atoms with Crippen LogP contribution >= 0.6 is 11.3 Å². The normalized spacial score (nSPS) is 14.9. The van der Waals surface area contributed by atoms with Crippen molar-refractivity contribution >= 4 is 38.1 Å². The molecule has 182 valence electrons. The zero-order chi connectivity index (χ0) is 24.6.